The van der Waals surface area contributed by atoms with Crippen LogP contribution in [0.5, 0.6) is 0 Å². The molecule has 1 aromatic carbocycles. The van der Waals surface area contributed by atoms with Crippen molar-refractivity contribution in [3.05, 3.63) is 34.5 Å². The van der Waals surface area contributed by atoms with Crippen molar-refractivity contribution in [2.75, 3.05) is 29.7 Å². The maximum absolute atomic E-state index is 14.9. The van der Waals surface area contributed by atoms with Gasteiger partial charge in [0, 0.05) is 30.2 Å². The van der Waals surface area contributed by atoms with Crippen LogP contribution in [0.4, 0.5) is 19.6 Å². The average Bonchev–Trinajstić information content (AvgIpc) is 3.28. The molecule has 0 amide bonds. The van der Waals surface area contributed by atoms with Crippen molar-refractivity contribution >= 4 is 43.8 Å². The Morgan fingerprint density at radius 1 is 1.30 bits per heavy atom. The third-order valence-electron chi connectivity index (χ3n) is 6.34. The lowest BCUT2D eigenvalue weighted by molar-refractivity contribution is -0.0236. The summed E-state index contributed by atoms with van der Waals surface area (Å²) in [4.78, 5) is 5.36. The second-order valence-electron chi connectivity index (χ2n) is 8.69. The Bertz CT molecular complexity index is 1070. The van der Waals surface area contributed by atoms with E-state index in [1.54, 1.807) is 5.38 Å². The van der Waals surface area contributed by atoms with Crippen LogP contribution in [0.2, 0.25) is 5.02 Å². The number of likely N-dealkylation sites (tertiary alicyclic amines) is 1. The van der Waals surface area contributed by atoms with Gasteiger partial charge in [0.05, 0.1) is 17.3 Å². The minimum atomic E-state index is -4.19. The number of aliphatic hydroxyl groups is 1. The Morgan fingerprint density at radius 2 is 2.09 bits per heavy atom. The normalized spacial score (nSPS) is 26.8. The summed E-state index contributed by atoms with van der Waals surface area (Å²) in [5.74, 6) is -0.931. The van der Waals surface area contributed by atoms with Gasteiger partial charge in [0.2, 0.25) is 0 Å². The summed E-state index contributed by atoms with van der Waals surface area (Å²) in [6.45, 7) is 0.389. The monoisotopic (exact) mass is 520 g/mol. The van der Waals surface area contributed by atoms with Gasteiger partial charge in [-0.3, -0.25) is 9.62 Å². The smallest absolute Gasteiger partial charge is 0.266 e. The largest absolute Gasteiger partial charge is 0.393 e. The van der Waals surface area contributed by atoms with Crippen molar-refractivity contribution in [2.24, 2.45) is 0 Å². The fourth-order valence-electron chi connectivity index (χ4n) is 4.74. The summed E-state index contributed by atoms with van der Waals surface area (Å²) in [6.07, 6.45) is 6.05. The fourth-order valence-corrected chi connectivity index (χ4v) is 6.90. The third kappa shape index (κ3) is 5.59. The number of halogens is 3. The number of rotatable bonds is 7. The van der Waals surface area contributed by atoms with Crippen LogP contribution >= 0.6 is 22.9 Å². The van der Waals surface area contributed by atoms with Crippen LogP contribution in [0.15, 0.2) is 28.6 Å². The third-order valence-corrected chi connectivity index (χ3v) is 8.83. The Kier molecular flexibility index (Phi) is 7.44. The molecular weight excluding hydrogens is 494 g/mol. The Balaban J connectivity index is 1.53. The van der Waals surface area contributed by atoms with Crippen molar-refractivity contribution in [3.63, 3.8) is 0 Å². The molecule has 7 nitrogen and oxygen atoms in total. The molecule has 182 valence electrons. The zero-order valence-electron chi connectivity index (χ0n) is 17.9. The van der Waals surface area contributed by atoms with E-state index in [9.17, 15) is 22.3 Å². The molecular formula is C21H27ClF2N4O3S2. The van der Waals surface area contributed by atoms with Crippen LogP contribution in [0.25, 0.3) is 0 Å². The summed E-state index contributed by atoms with van der Waals surface area (Å²) in [7, 11) is -4.19. The minimum Gasteiger partial charge on any atom is -0.393 e. The minimum absolute atomic E-state index is 0.00910. The molecule has 1 aliphatic carbocycles. The predicted molar refractivity (Wildman–Crippen MR) is 126 cm³/mol. The molecule has 0 spiro atoms. The molecule has 0 unspecified atom stereocenters. The molecule has 1 saturated carbocycles. The van der Waals surface area contributed by atoms with Gasteiger partial charge in [0.15, 0.2) is 5.13 Å². The van der Waals surface area contributed by atoms with Gasteiger partial charge in [0.1, 0.15) is 16.4 Å². The van der Waals surface area contributed by atoms with Gasteiger partial charge < -0.3 is 10.4 Å². The Hall–Kier alpha value is -1.53. The number of nitrogens with one attached hydrogen (secondary N) is 2. The molecule has 2 fully saturated rings. The van der Waals surface area contributed by atoms with E-state index in [1.807, 2.05) is 0 Å². The van der Waals surface area contributed by atoms with E-state index in [0.717, 1.165) is 55.7 Å². The highest BCUT2D eigenvalue weighted by Gasteiger charge is 2.40. The first-order valence-electron chi connectivity index (χ1n) is 10.9. The van der Waals surface area contributed by atoms with Crippen LogP contribution in [-0.4, -0.2) is 60.9 Å². The van der Waals surface area contributed by atoms with Crippen LogP contribution < -0.4 is 10.0 Å². The van der Waals surface area contributed by atoms with Crippen molar-refractivity contribution < 1.29 is 22.3 Å². The van der Waals surface area contributed by atoms with Crippen LogP contribution in [0.3, 0.4) is 0 Å². The number of hydrogen-bond donors (Lipinski definition) is 3. The van der Waals surface area contributed by atoms with Crippen LogP contribution in [0.1, 0.15) is 38.5 Å². The Labute approximate surface area is 201 Å². The molecule has 12 heteroatoms. The van der Waals surface area contributed by atoms with Crippen molar-refractivity contribution in [1.82, 2.24) is 9.88 Å². The highest BCUT2D eigenvalue weighted by Crippen LogP contribution is 2.35. The number of thiazole rings is 1. The molecule has 4 rings (SSSR count). The molecule has 33 heavy (non-hydrogen) atoms. The highest BCUT2D eigenvalue weighted by atomic mass is 35.5. The summed E-state index contributed by atoms with van der Waals surface area (Å²) < 4.78 is 57.1. The topological polar surface area (TPSA) is 94.6 Å². The summed E-state index contributed by atoms with van der Waals surface area (Å²) in [6, 6.07) is 2.09. The van der Waals surface area contributed by atoms with E-state index in [-0.39, 0.29) is 28.8 Å². The zero-order valence-corrected chi connectivity index (χ0v) is 20.3. The van der Waals surface area contributed by atoms with Gasteiger partial charge in [-0.15, -0.1) is 11.3 Å². The van der Waals surface area contributed by atoms with E-state index in [0.29, 0.717) is 18.5 Å². The second-order valence-corrected chi connectivity index (χ2v) is 11.6. The fraction of sp³-hybridized carbons (Fsp3) is 0.571. The number of benzene rings is 1. The SMILES string of the molecule is O=S(=O)(Nc1nccs1)c1cc(Cl)c(N[C@H]2CCCC[C@@H]2N2CCC[C@@](F)(CO)C2)cc1F. The maximum Gasteiger partial charge on any atom is 0.266 e. The average molecular weight is 521 g/mol. The first kappa shape index (κ1) is 24.6. The zero-order chi connectivity index (χ0) is 23.6. The van der Waals surface area contributed by atoms with Crippen molar-refractivity contribution in [1.29, 1.82) is 0 Å². The molecule has 1 saturated heterocycles. The van der Waals surface area contributed by atoms with Crippen molar-refractivity contribution in [2.45, 2.75) is 61.2 Å². The number of aliphatic hydroxyl groups excluding tert-OH is 1. The molecule has 1 aliphatic heterocycles. The summed E-state index contributed by atoms with van der Waals surface area (Å²) in [5.41, 5.74) is -1.31. The molecule has 2 aliphatic rings. The Morgan fingerprint density at radius 3 is 2.82 bits per heavy atom. The van der Waals surface area contributed by atoms with Gasteiger partial charge in [-0.2, -0.15) is 0 Å². The van der Waals surface area contributed by atoms with E-state index in [2.05, 4.69) is 19.9 Å². The van der Waals surface area contributed by atoms with E-state index < -0.39 is 33.0 Å². The van der Waals surface area contributed by atoms with E-state index in [1.165, 1.54) is 6.20 Å². The van der Waals surface area contributed by atoms with E-state index >= 15 is 0 Å². The maximum atomic E-state index is 14.9. The van der Waals surface area contributed by atoms with Gasteiger partial charge in [0.25, 0.3) is 10.0 Å². The summed E-state index contributed by atoms with van der Waals surface area (Å²) >= 11 is 7.45. The summed E-state index contributed by atoms with van der Waals surface area (Å²) in [5, 5.41) is 14.6. The van der Waals surface area contributed by atoms with Gasteiger partial charge in [-0.1, -0.05) is 24.4 Å². The highest BCUT2D eigenvalue weighted by molar-refractivity contribution is 7.93. The van der Waals surface area contributed by atoms with Gasteiger partial charge in [-0.05, 0) is 44.4 Å². The molecule has 0 radical (unpaired) electrons. The number of piperidine rings is 1. The number of nitrogens with zero attached hydrogens (tertiary/aromatic N) is 2. The number of aromatic nitrogens is 1. The predicted octanol–water partition coefficient (Wildman–Crippen LogP) is 4.26. The lowest BCUT2D eigenvalue weighted by Crippen LogP contribution is -2.56. The van der Waals surface area contributed by atoms with Gasteiger partial charge in [-0.25, -0.2) is 22.2 Å². The van der Waals surface area contributed by atoms with Crippen LogP contribution in [0, 0.1) is 5.82 Å². The molecule has 2 heterocycles. The second kappa shape index (κ2) is 9.99. The van der Waals surface area contributed by atoms with E-state index in [4.69, 9.17) is 11.6 Å². The lowest BCUT2D eigenvalue weighted by Gasteiger charge is -2.45. The van der Waals surface area contributed by atoms with Crippen LogP contribution in [-0.2, 0) is 10.0 Å². The molecule has 3 atom stereocenters. The number of anilines is 2. The number of sulfonamides is 1. The number of alkyl halides is 1. The first-order chi connectivity index (χ1) is 15.7. The standard InChI is InChI=1S/C21H27ClF2N4O3S2/c22-14-10-19(33(30,31)27-20-25-7-9-32-20)15(23)11-17(14)26-16-4-1-2-5-18(16)28-8-3-6-21(24,12-28)13-29/h7,9-11,16,18,26,29H,1-6,8,12-13H2,(H,25,27)/t16-,18-,21-/m0/s1. The molecule has 3 N–H and O–H groups in total. The number of hydrogen-bond acceptors (Lipinski definition) is 7. The molecule has 0 bridgehead atoms. The first-order valence-corrected chi connectivity index (χ1v) is 13.7. The lowest BCUT2D eigenvalue weighted by atomic mass is 9.86. The van der Waals surface area contributed by atoms with Gasteiger partial charge >= 0.3 is 0 Å². The molecule has 2 aromatic rings. The molecule has 1 aromatic heterocycles. The quantitative estimate of drug-likeness (QED) is 0.505. The van der Waals surface area contributed by atoms with Crippen molar-refractivity contribution in [3.8, 4) is 0 Å².